The minimum absolute atomic E-state index is 0.296. The summed E-state index contributed by atoms with van der Waals surface area (Å²) in [6.45, 7) is -1.07. The van der Waals surface area contributed by atoms with Gasteiger partial charge in [-0.05, 0) is 5.56 Å². The van der Waals surface area contributed by atoms with E-state index in [1.165, 1.54) is 0 Å². The molecule has 0 aliphatic heterocycles. The third kappa shape index (κ3) is 6.34. The molecule has 0 fully saturated rings. The number of hydrogen-bond acceptors (Lipinski definition) is 5. The number of nitrogens with one attached hydrogen (secondary N) is 2. The van der Waals surface area contributed by atoms with E-state index in [2.05, 4.69) is 10.6 Å². The summed E-state index contributed by atoms with van der Waals surface area (Å²) in [6.07, 6.45) is 0. The highest BCUT2D eigenvalue weighted by Crippen LogP contribution is 2.12. The first-order valence-electron chi connectivity index (χ1n) is 6.01. The van der Waals surface area contributed by atoms with E-state index in [0.29, 0.717) is 5.56 Å². The molecule has 8 nitrogen and oxygen atoms in total. The van der Waals surface area contributed by atoms with Crippen LogP contribution >= 0.6 is 0 Å². The average Bonchev–Trinajstić information content (AvgIpc) is 2.43. The van der Waals surface area contributed by atoms with Crippen molar-refractivity contribution in [2.75, 3.05) is 18.9 Å². The van der Waals surface area contributed by atoms with Crippen molar-refractivity contribution < 1.29 is 27.7 Å². The zero-order valence-electron chi connectivity index (χ0n) is 11.0. The Morgan fingerprint density at radius 1 is 1.19 bits per heavy atom. The van der Waals surface area contributed by atoms with Gasteiger partial charge in [0.05, 0.1) is 5.75 Å². The van der Waals surface area contributed by atoms with Gasteiger partial charge in [-0.15, -0.1) is 0 Å². The first kappa shape index (κ1) is 17.1. The SMILES string of the molecule is O=C(CO)NC(C(=O)NCCS(=O)(=O)O)c1ccccc1. The third-order valence-electron chi connectivity index (χ3n) is 2.50. The van der Waals surface area contributed by atoms with E-state index in [0.717, 1.165) is 0 Å². The van der Waals surface area contributed by atoms with Crippen LogP contribution in [-0.4, -0.2) is 48.8 Å². The van der Waals surface area contributed by atoms with Crippen LogP contribution in [0.4, 0.5) is 0 Å². The van der Waals surface area contributed by atoms with Crippen molar-refractivity contribution in [2.24, 2.45) is 0 Å². The molecule has 0 radical (unpaired) electrons. The Labute approximate surface area is 121 Å². The molecule has 0 aromatic heterocycles. The normalized spacial score (nSPS) is 12.5. The molecule has 1 unspecified atom stereocenters. The Hall–Kier alpha value is -1.97. The lowest BCUT2D eigenvalue weighted by molar-refractivity contribution is -0.130. The number of carbonyl (C=O) groups is 2. The van der Waals surface area contributed by atoms with Crippen LogP contribution < -0.4 is 10.6 Å². The lowest BCUT2D eigenvalue weighted by Gasteiger charge is -2.18. The minimum Gasteiger partial charge on any atom is -0.387 e. The summed E-state index contributed by atoms with van der Waals surface area (Å²) in [5.74, 6) is -2.02. The standard InChI is InChI=1S/C12H16N2O6S/c15-8-10(16)14-11(9-4-2-1-3-5-9)12(17)13-6-7-21(18,19)20/h1-5,11,15H,6-8H2,(H,13,17)(H,14,16)(H,18,19,20). The highest BCUT2D eigenvalue weighted by atomic mass is 32.2. The molecule has 0 saturated heterocycles. The largest absolute Gasteiger partial charge is 0.387 e. The first-order chi connectivity index (χ1) is 9.83. The Morgan fingerprint density at radius 3 is 2.33 bits per heavy atom. The predicted octanol–water partition coefficient (Wildman–Crippen LogP) is -1.16. The zero-order chi connectivity index (χ0) is 15.9. The van der Waals surface area contributed by atoms with Crippen LogP contribution in [0.1, 0.15) is 11.6 Å². The molecule has 21 heavy (non-hydrogen) atoms. The fourth-order valence-corrected chi connectivity index (χ4v) is 1.92. The van der Waals surface area contributed by atoms with E-state index < -0.39 is 40.3 Å². The molecule has 2 amide bonds. The molecule has 0 spiro atoms. The molecular weight excluding hydrogens is 300 g/mol. The number of rotatable bonds is 7. The summed E-state index contributed by atoms with van der Waals surface area (Å²) in [4.78, 5) is 23.3. The van der Waals surface area contributed by atoms with Gasteiger partial charge in [0.2, 0.25) is 11.8 Å². The molecule has 0 heterocycles. The molecule has 1 aromatic rings. The summed E-state index contributed by atoms with van der Waals surface area (Å²) in [7, 11) is -4.18. The van der Waals surface area contributed by atoms with Gasteiger partial charge in [-0.2, -0.15) is 8.42 Å². The topological polar surface area (TPSA) is 133 Å². The fraction of sp³-hybridized carbons (Fsp3) is 0.333. The van der Waals surface area contributed by atoms with Gasteiger partial charge in [0, 0.05) is 6.54 Å². The van der Waals surface area contributed by atoms with Gasteiger partial charge in [-0.25, -0.2) is 0 Å². The van der Waals surface area contributed by atoms with Crippen molar-refractivity contribution in [1.82, 2.24) is 10.6 Å². The number of aliphatic hydroxyl groups excluding tert-OH is 1. The van der Waals surface area contributed by atoms with Crippen molar-refractivity contribution >= 4 is 21.9 Å². The molecule has 1 rings (SSSR count). The summed E-state index contributed by atoms with van der Waals surface area (Å²) < 4.78 is 29.7. The smallest absolute Gasteiger partial charge is 0.266 e. The highest BCUT2D eigenvalue weighted by molar-refractivity contribution is 7.85. The number of hydrogen-bond donors (Lipinski definition) is 4. The molecule has 0 aliphatic rings. The van der Waals surface area contributed by atoms with Gasteiger partial charge < -0.3 is 15.7 Å². The van der Waals surface area contributed by atoms with Gasteiger partial charge in [-0.1, -0.05) is 30.3 Å². The van der Waals surface area contributed by atoms with Crippen LogP contribution in [0.2, 0.25) is 0 Å². The second kappa shape index (κ2) is 7.72. The van der Waals surface area contributed by atoms with Crippen LogP contribution in [-0.2, 0) is 19.7 Å². The summed E-state index contributed by atoms with van der Waals surface area (Å²) in [5.41, 5.74) is 0.476. The first-order valence-corrected chi connectivity index (χ1v) is 7.62. The van der Waals surface area contributed by atoms with Gasteiger partial charge in [-0.3, -0.25) is 14.1 Å². The van der Waals surface area contributed by atoms with Crippen LogP contribution in [0.15, 0.2) is 30.3 Å². The van der Waals surface area contributed by atoms with Crippen molar-refractivity contribution in [3.05, 3.63) is 35.9 Å². The van der Waals surface area contributed by atoms with E-state index in [1.807, 2.05) is 0 Å². The number of aliphatic hydroxyl groups is 1. The lowest BCUT2D eigenvalue weighted by atomic mass is 10.1. The number of amides is 2. The van der Waals surface area contributed by atoms with E-state index in [9.17, 15) is 18.0 Å². The molecule has 0 saturated carbocycles. The maximum atomic E-state index is 12.0. The van der Waals surface area contributed by atoms with Crippen LogP contribution in [0.25, 0.3) is 0 Å². The maximum absolute atomic E-state index is 12.0. The van der Waals surface area contributed by atoms with E-state index in [4.69, 9.17) is 9.66 Å². The molecule has 4 N–H and O–H groups in total. The van der Waals surface area contributed by atoms with Gasteiger partial charge in [0.15, 0.2) is 0 Å². The molecule has 116 valence electrons. The van der Waals surface area contributed by atoms with E-state index >= 15 is 0 Å². The molecule has 9 heteroatoms. The van der Waals surface area contributed by atoms with Gasteiger partial charge >= 0.3 is 0 Å². The molecular formula is C12H16N2O6S. The summed E-state index contributed by atoms with van der Waals surface area (Å²) in [6, 6.07) is 7.20. The number of benzene rings is 1. The average molecular weight is 316 g/mol. The molecule has 0 aliphatic carbocycles. The van der Waals surface area contributed by atoms with Crippen molar-refractivity contribution in [2.45, 2.75) is 6.04 Å². The van der Waals surface area contributed by atoms with Crippen molar-refractivity contribution in [3.8, 4) is 0 Å². The van der Waals surface area contributed by atoms with Gasteiger partial charge in [0.1, 0.15) is 12.6 Å². The Balaban J connectivity index is 2.76. The highest BCUT2D eigenvalue weighted by Gasteiger charge is 2.22. The second-order valence-corrected chi connectivity index (χ2v) is 5.72. The third-order valence-corrected chi connectivity index (χ3v) is 3.22. The maximum Gasteiger partial charge on any atom is 0.266 e. The second-order valence-electron chi connectivity index (χ2n) is 4.15. The van der Waals surface area contributed by atoms with Crippen LogP contribution in [0, 0.1) is 0 Å². The summed E-state index contributed by atoms with van der Waals surface area (Å²) >= 11 is 0. The predicted molar refractivity (Wildman–Crippen MR) is 73.8 cm³/mol. The minimum atomic E-state index is -4.18. The van der Waals surface area contributed by atoms with Crippen molar-refractivity contribution in [1.29, 1.82) is 0 Å². The van der Waals surface area contributed by atoms with Crippen LogP contribution in [0.5, 0.6) is 0 Å². The molecule has 0 bridgehead atoms. The zero-order valence-corrected chi connectivity index (χ0v) is 11.8. The Kier molecular flexibility index (Phi) is 6.28. The van der Waals surface area contributed by atoms with Crippen LogP contribution in [0.3, 0.4) is 0 Å². The summed E-state index contributed by atoms with van der Waals surface area (Å²) in [5, 5.41) is 13.3. The van der Waals surface area contributed by atoms with Crippen molar-refractivity contribution in [3.63, 3.8) is 0 Å². The molecule has 1 aromatic carbocycles. The van der Waals surface area contributed by atoms with Gasteiger partial charge in [0.25, 0.3) is 10.1 Å². The molecule has 1 atom stereocenters. The lowest BCUT2D eigenvalue weighted by Crippen LogP contribution is -2.42. The Bertz CT molecular complexity index is 587. The monoisotopic (exact) mass is 316 g/mol. The fourth-order valence-electron chi connectivity index (χ4n) is 1.56. The quantitative estimate of drug-likeness (QED) is 0.469. The van der Waals surface area contributed by atoms with E-state index in [-0.39, 0.29) is 6.54 Å². The Morgan fingerprint density at radius 2 is 1.81 bits per heavy atom. The van der Waals surface area contributed by atoms with E-state index in [1.54, 1.807) is 30.3 Å². The number of carbonyl (C=O) groups excluding carboxylic acids is 2.